The summed E-state index contributed by atoms with van der Waals surface area (Å²) in [5.41, 5.74) is 2.52. The minimum absolute atomic E-state index is 0.346. The number of sulfone groups is 1. The number of anilines is 1. The molecule has 0 fully saturated rings. The van der Waals surface area contributed by atoms with Gasteiger partial charge in [-0.25, -0.2) is 18.4 Å². The van der Waals surface area contributed by atoms with E-state index in [9.17, 15) is 13.2 Å². The third-order valence-electron chi connectivity index (χ3n) is 3.02. The van der Waals surface area contributed by atoms with Crippen molar-refractivity contribution >= 4 is 21.4 Å². The summed E-state index contributed by atoms with van der Waals surface area (Å²) < 4.78 is 24.0. The van der Waals surface area contributed by atoms with Crippen LogP contribution in [0.4, 0.5) is 5.69 Å². The molecule has 0 atom stereocenters. The summed E-state index contributed by atoms with van der Waals surface area (Å²) in [4.78, 5) is 19.2. The van der Waals surface area contributed by atoms with Gasteiger partial charge in [-0.2, -0.15) is 0 Å². The number of nitrogens with zero attached hydrogens (tertiary/aromatic N) is 2. The standard InChI is InChI=1S/C14H15N3O3S/c1-10-5-3-6-12(11(10)2)17-13(18)9-21(19,20)14-15-7-4-8-16-14/h3-8H,9H2,1-2H3,(H,17,18). The van der Waals surface area contributed by atoms with Crippen LogP contribution < -0.4 is 5.32 Å². The van der Waals surface area contributed by atoms with Gasteiger partial charge in [0.05, 0.1) is 0 Å². The van der Waals surface area contributed by atoms with Gasteiger partial charge in [0.25, 0.3) is 0 Å². The Hall–Kier alpha value is -2.28. The Labute approximate surface area is 123 Å². The highest BCUT2D eigenvalue weighted by atomic mass is 32.2. The molecule has 0 aliphatic carbocycles. The second-order valence-corrected chi connectivity index (χ2v) is 6.47. The zero-order valence-electron chi connectivity index (χ0n) is 11.7. The predicted octanol–water partition coefficient (Wildman–Crippen LogP) is 1.51. The number of rotatable bonds is 4. The Morgan fingerprint density at radius 3 is 2.48 bits per heavy atom. The Kier molecular flexibility index (Phi) is 4.32. The predicted molar refractivity (Wildman–Crippen MR) is 78.6 cm³/mol. The van der Waals surface area contributed by atoms with Crippen LogP contribution in [0.5, 0.6) is 0 Å². The lowest BCUT2D eigenvalue weighted by Crippen LogP contribution is -2.24. The molecule has 0 spiro atoms. The molecule has 0 unspecified atom stereocenters. The molecule has 0 aliphatic rings. The summed E-state index contributed by atoms with van der Waals surface area (Å²) in [7, 11) is -3.84. The molecule has 0 saturated heterocycles. The summed E-state index contributed by atoms with van der Waals surface area (Å²) in [5, 5.41) is 2.26. The van der Waals surface area contributed by atoms with Gasteiger partial charge >= 0.3 is 0 Å². The average Bonchev–Trinajstić information content (AvgIpc) is 2.44. The molecule has 6 nitrogen and oxygen atoms in total. The fourth-order valence-electron chi connectivity index (χ4n) is 1.76. The fraction of sp³-hybridized carbons (Fsp3) is 0.214. The molecule has 21 heavy (non-hydrogen) atoms. The van der Waals surface area contributed by atoms with Crippen molar-refractivity contribution in [1.82, 2.24) is 9.97 Å². The summed E-state index contributed by atoms with van der Waals surface area (Å²) >= 11 is 0. The molecule has 1 amide bonds. The SMILES string of the molecule is Cc1cccc(NC(=O)CS(=O)(=O)c2ncccn2)c1C. The molecule has 2 rings (SSSR count). The van der Waals surface area contributed by atoms with Crippen LogP contribution in [-0.4, -0.2) is 30.0 Å². The topological polar surface area (TPSA) is 89.0 Å². The van der Waals surface area contributed by atoms with Gasteiger partial charge in [0.1, 0.15) is 5.75 Å². The van der Waals surface area contributed by atoms with Crippen LogP contribution in [-0.2, 0) is 14.6 Å². The second kappa shape index (κ2) is 6.01. The quantitative estimate of drug-likeness (QED) is 0.865. The molecule has 1 heterocycles. The molecule has 1 N–H and O–H groups in total. The molecule has 0 aliphatic heterocycles. The van der Waals surface area contributed by atoms with Crippen LogP contribution in [0.2, 0.25) is 0 Å². The Morgan fingerprint density at radius 2 is 1.81 bits per heavy atom. The summed E-state index contributed by atoms with van der Waals surface area (Å²) in [6.45, 7) is 3.78. The van der Waals surface area contributed by atoms with Gasteiger partial charge in [0.15, 0.2) is 0 Å². The van der Waals surface area contributed by atoms with Gasteiger partial charge in [0, 0.05) is 18.1 Å². The summed E-state index contributed by atoms with van der Waals surface area (Å²) in [6, 6.07) is 6.95. The number of carbonyl (C=O) groups excluding carboxylic acids is 1. The lowest BCUT2D eigenvalue weighted by Gasteiger charge is -2.10. The molecule has 1 aromatic carbocycles. The first-order chi connectivity index (χ1) is 9.90. The van der Waals surface area contributed by atoms with E-state index in [1.807, 2.05) is 19.9 Å². The van der Waals surface area contributed by atoms with E-state index in [1.165, 1.54) is 18.5 Å². The van der Waals surface area contributed by atoms with Gasteiger partial charge in [-0.1, -0.05) is 12.1 Å². The van der Waals surface area contributed by atoms with E-state index in [0.717, 1.165) is 11.1 Å². The third-order valence-corrected chi connectivity index (χ3v) is 4.43. The third kappa shape index (κ3) is 3.63. The van der Waals surface area contributed by atoms with Crippen LogP contribution in [0, 0.1) is 13.8 Å². The van der Waals surface area contributed by atoms with Crippen molar-refractivity contribution in [3.63, 3.8) is 0 Å². The highest BCUT2D eigenvalue weighted by Gasteiger charge is 2.22. The number of amides is 1. The number of hydrogen-bond donors (Lipinski definition) is 1. The highest BCUT2D eigenvalue weighted by molar-refractivity contribution is 7.91. The number of benzene rings is 1. The molecule has 110 valence electrons. The van der Waals surface area contributed by atoms with Gasteiger partial charge in [-0.3, -0.25) is 4.79 Å². The zero-order valence-corrected chi connectivity index (χ0v) is 12.5. The molecule has 0 bridgehead atoms. The Balaban J connectivity index is 2.14. The van der Waals surface area contributed by atoms with E-state index < -0.39 is 21.5 Å². The van der Waals surface area contributed by atoms with Crippen molar-refractivity contribution in [3.05, 3.63) is 47.8 Å². The maximum Gasteiger partial charge on any atom is 0.247 e. The largest absolute Gasteiger partial charge is 0.325 e. The lowest BCUT2D eigenvalue weighted by molar-refractivity contribution is -0.113. The Bertz CT molecular complexity index is 758. The average molecular weight is 305 g/mol. The smallest absolute Gasteiger partial charge is 0.247 e. The van der Waals surface area contributed by atoms with Crippen LogP contribution in [0.15, 0.2) is 41.8 Å². The maximum atomic E-state index is 12.0. The number of aromatic nitrogens is 2. The van der Waals surface area contributed by atoms with Crippen molar-refractivity contribution in [2.45, 2.75) is 19.0 Å². The van der Waals surface area contributed by atoms with E-state index in [0.29, 0.717) is 5.69 Å². The first-order valence-corrected chi connectivity index (χ1v) is 7.91. The molecule has 7 heteroatoms. The van der Waals surface area contributed by atoms with Gasteiger partial charge < -0.3 is 5.32 Å². The summed E-state index contributed by atoms with van der Waals surface area (Å²) in [5.74, 6) is -1.30. The number of carbonyl (C=O) groups is 1. The van der Waals surface area contributed by atoms with Crippen molar-refractivity contribution in [1.29, 1.82) is 0 Å². The molecule has 2 aromatic rings. The number of nitrogens with one attached hydrogen (secondary N) is 1. The van der Waals surface area contributed by atoms with Crippen LogP contribution in [0.3, 0.4) is 0 Å². The lowest BCUT2D eigenvalue weighted by atomic mass is 10.1. The van der Waals surface area contributed by atoms with Crippen molar-refractivity contribution in [2.24, 2.45) is 0 Å². The molecular weight excluding hydrogens is 290 g/mol. The van der Waals surface area contributed by atoms with Crippen molar-refractivity contribution < 1.29 is 13.2 Å². The van der Waals surface area contributed by atoms with Gasteiger partial charge in [-0.05, 0) is 37.1 Å². The number of aryl methyl sites for hydroxylation is 1. The van der Waals surface area contributed by atoms with E-state index in [2.05, 4.69) is 15.3 Å². The van der Waals surface area contributed by atoms with E-state index in [1.54, 1.807) is 12.1 Å². The van der Waals surface area contributed by atoms with Crippen molar-refractivity contribution in [2.75, 3.05) is 11.1 Å². The molecule has 1 aromatic heterocycles. The van der Waals surface area contributed by atoms with Crippen molar-refractivity contribution in [3.8, 4) is 0 Å². The monoisotopic (exact) mass is 305 g/mol. The normalized spacial score (nSPS) is 11.1. The maximum absolute atomic E-state index is 12.0. The van der Waals surface area contributed by atoms with Crippen LogP contribution in [0.1, 0.15) is 11.1 Å². The number of hydrogen-bond acceptors (Lipinski definition) is 5. The van der Waals surface area contributed by atoms with Crippen LogP contribution in [0.25, 0.3) is 0 Å². The molecule has 0 radical (unpaired) electrons. The zero-order chi connectivity index (χ0) is 15.5. The van der Waals surface area contributed by atoms with Crippen LogP contribution >= 0.6 is 0 Å². The summed E-state index contributed by atoms with van der Waals surface area (Å²) in [6.07, 6.45) is 2.64. The van der Waals surface area contributed by atoms with E-state index in [4.69, 9.17) is 0 Å². The fourth-order valence-corrected chi connectivity index (χ4v) is 2.75. The van der Waals surface area contributed by atoms with E-state index >= 15 is 0 Å². The second-order valence-electron chi connectivity index (χ2n) is 4.59. The molecule has 0 saturated carbocycles. The van der Waals surface area contributed by atoms with E-state index in [-0.39, 0.29) is 5.16 Å². The first kappa shape index (κ1) is 15.1. The Morgan fingerprint density at radius 1 is 1.14 bits per heavy atom. The first-order valence-electron chi connectivity index (χ1n) is 6.26. The molecular formula is C14H15N3O3S. The minimum atomic E-state index is -3.84. The van der Waals surface area contributed by atoms with Gasteiger partial charge in [0.2, 0.25) is 20.9 Å². The highest BCUT2D eigenvalue weighted by Crippen LogP contribution is 2.18. The van der Waals surface area contributed by atoms with Gasteiger partial charge in [-0.15, -0.1) is 0 Å². The minimum Gasteiger partial charge on any atom is -0.325 e.